The average molecular weight is 434 g/mol. The van der Waals surface area contributed by atoms with E-state index in [-0.39, 0.29) is 0 Å². The standard InChI is InChI=1S/C28H19NS2/c1-17(19-11-13-23-21-7-3-5-9-25(21)30-27(23)15-19)29-18(2)20-12-14-24-22-8-4-6-10-26(22)31-28(24)16-20/h3-16H,1H2,2H3/b29-18+. The minimum absolute atomic E-state index is 0.799. The van der Waals surface area contributed by atoms with Crippen LogP contribution in [0, 0.1) is 0 Å². The van der Waals surface area contributed by atoms with Crippen LogP contribution in [0.5, 0.6) is 0 Å². The van der Waals surface area contributed by atoms with Gasteiger partial charge in [0, 0.05) is 51.6 Å². The van der Waals surface area contributed by atoms with Crippen LogP contribution in [0.25, 0.3) is 46.0 Å². The van der Waals surface area contributed by atoms with Crippen LogP contribution in [0.3, 0.4) is 0 Å². The number of aliphatic imine (C=N–C) groups is 1. The van der Waals surface area contributed by atoms with Gasteiger partial charge in [0.25, 0.3) is 0 Å². The Balaban J connectivity index is 1.37. The second kappa shape index (κ2) is 7.16. The molecule has 0 atom stereocenters. The highest BCUT2D eigenvalue weighted by Crippen LogP contribution is 2.36. The van der Waals surface area contributed by atoms with Gasteiger partial charge in [-0.15, -0.1) is 22.7 Å². The van der Waals surface area contributed by atoms with Crippen LogP contribution in [-0.4, -0.2) is 5.71 Å². The average Bonchev–Trinajstić information content (AvgIpc) is 3.36. The minimum atomic E-state index is 0.799. The number of rotatable bonds is 3. The number of thiophene rings is 2. The molecule has 0 aliphatic heterocycles. The molecule has 0 fully saturated rings. The van der Waals surface area contributed by atoms with Gasteiger partial charge in [-0.05, 0) is 36.8 Å². The lowest BCUT2D eigenvalue weighted by atomic mass is 10.1. The SMILES string of the molecule is C=C(/N=C(\C)c1ccc2c(c1)sc1ccccc12)c1ccc2c(c1)sc1ccccc12. The molecule has 0 saturated carbocycles. The van der Waals surface area contributed by atoms with Crippen LogP contribution in [0.4, 0.5) is 0 Å². The fourth-order valence-corrected chi connectivity index (χ4v) is 6.48. The molecule has 148 valence electrons. The Labute approximate surface area is 188 Å². The topological polar surface area (TPSA) is 12.4 Å². The summed E-state index contributed by atoms with van der Waals surface area (Å²) in [6, 6.07) is 30.3. The summed E-state index contributed by atoms with van der Waals surface area (Å²) in [5.74, 6) is 0. The van der Waals surface area contributed by atoms with Crippen LogP contribution in [0.1, 0.15) is 18.1 Å². The maximum atomic E-state index is 4.87. The smallest absolute Gasteiger partial charge is 0.0634 e. The van der Waals surface area contributed by atoms with Crippen molar-refractivity contribution in [2.75, 3.05) is 0 Å². The summed E-state index contributed by atoms with van der Waals surface area (Å²) >= 11 is 3.66. The van der Waals surface area contributed by atoms with Crippen molar-refractivity contribution in [2.24, 2.45) is 4.99 Å². The molecule has 4 aromatic carbocycles. The summed E-state index contributed by atoms with van der Waals surface area (Å²) in [5.41, 5.74) is 4.00. The second-order valence-electron chi connectivity index (χ2n) is 7.76. The first-order valence-corrected chi connectivity index (χ1v) is 11.9. The number of nitrogens with zero attached hydrogens (tertiary/aromatic N) is 1. The molecule has 0 aliphatic rings. The summed E-state index contributed by atoms with van der Waals surface area (Å²) in [6.45, 7) is 6.34. The van der Waals surface area contributed by atoms with Gasteiger partial charge in [0.1, 0.15) is 0 Å². The van der Waals surface area contributed by atoms with Crippen LogP contribution in [-0.2, 0) is 0 Å². The number of hydrogen-bond donors (Lipinski definition) is 0. The lowest BCUT2D eigenvalue weighted by Crippen LogP contribution is -1.95. The van der Waals surface area contributed by atoms with Crippen molar-refractivity contribution in [2.45, 2.75) is 6.92 Å². The Morgan fingerprint density at radius 3 is 1.71 bits per heavy atom. The third-order valence-electron chi connectivity index (χ3n) is 5.81. The zero-order chi connectivity index (χ0) is 20.9. The van der Waals surface area contributed by atoms with E-state index in [0.717, 1.165) is 22.5 Å². The molecule has 2 aromatic heterocycles. The van der Waals surface area contributed by atoms with E-state index in [4.69, 9.17) is 4.99 Å². The monoisotopic (exact) mass is 433 g/mol. The molecule has 0 amide bonds. The van der Waals surface area contributed by atoms with Crippen molar-refractivity contribution < 1.29 is 0 Å². The Hall–Kier alpha value is -3.27. The largest absolute Gasteiger partial charge is 0.253 e. The van der Waals surface area contributed by atoms with E-state index in [1.807, 2.05) is 22.7 Å². The molecule has 0 N–H and O–H groups in total. The Morgan fingerprint density at radius 1 is 0.613 bits per heavy atom. The molecule has 6 aromatic rings. The predicted molar refractivity (Wildman–Crippen MR) is 140 cm³/mol. The lowest BCUT2D eigenvalue weighted by Gasteiger charge is -2.05. The van der Waals surface area contributed by atoms with E-state index >= 15 is 0 Å². The molecule has 0 spiro atoms. The zero-order valence-electron chi connectivity index (χ0n) is 17.1. The van der Waals surface area contributed by atoms with Gasteiger partial charge in [0.05, 0.1) is 5.70 Å². The minimum Gasteiger partial charge on any atom is -0.253 e. The van der Waals surface area contributed by atoms with Gasteiger partial charge in [0.15, 0.2) is 0 Å². The number of fused-ring (bicyclic) bond motifs is 6. The number of benzene rings is 4. The summed E-state index contributed by atoms with van der Waals surface area (Å²) in [4.78, 5) is 4.87. The molecule has 0 aliphatic carbocycles. The fraction of sp³-hybridized carbons (Fsp3) is 0.0357. The molecular formula is C28H19NS2. The van der Waals surface area contributed by atoms with E-state index in [2.05, 4.69) is 98.4 Å². The summed E-state index contributed by atoms with van der Waals surface area (Å²) in [6.07, 6.45) is 0. The van der Waals surface area contributed by atoms with Gasteiger partial charge in [-0.1, -0.05) is 67.2 Å². The van der Waals surface area contributed by atoms with E-state index < -0.39 is 0 Å². The van der Waals surface area contributed by atoms with Crippen LogP contribution in [0.15, 0.2) is 96.5 Å². The first-order valence-electron chi connectivity index (χ1n) is 10.2. The molecule has 3 heteroatoms. The Bertz CT molecular complexity index is 1660. The molecular weight excluding hydrogens is 414 g/mol. The second-order valence-corrected chi connectivity index (χ2v) is 9.93. The van der Waals surface area contributed by atoms with Gasteiger partial charge >= 0.3 is 0 Å². The fourth-order valence-electron chi connectivity index (χ4n) is 4.19. The van der Waals surface area contributed by atoms with Gasteiger partial charge in [-0.2, -0.15) is 0 Å². The van der Waals surface area contributed by atoms with Crippen molar-refractivity contribution in [3.05, 3.63) is 103 Å². The third-order valence-corrected chi connectivity index (χ3v) is 8.08. The molecule has 0 bridgehead atoms. The van der Waals surface area contributed by atoms with Crippen molar-refractivity contribution in [1.29, 1.82) is 0 Å². The molecule has 1 nitrogen and oxygen atoms in total. The first-order chi connectivity index (χ1) is 15.2. The lowest BCUT2D eigenvalue weighted by molar-refractivity contribution is 1.50. The molecule has 2 heterocycles. The van der Waals surface area contributed by atoms with Crippen molar-refractivity contribution >= 4 is 74.4 Å². The van der Waals surface area contributed by atoms with E-state index in [1.165, 1.54) is 40.3 Å². The van der Waals surface area contributed by atoms with Crippen molar-refractivity contribution in [1.82, 2.24) is 0 Å². The van der Waals surface area contributed by atoms with Crippen LogP contribution in [0.2, 0.25) is 0 Å². The highest BCUT2D eigenvalue weighted by molar-refractivity contribution is 7.26. The van der Waals surface area contributed by atoms with Gasteiger partial charge < -0.3 is 0 Å². The molecule has 6 rings (SSSR count). The van der Waals surface area contributed by atoms with E-state index in [9.17, 15) is 0 Å². The first kappa shape index (κ1) is 18.5. The summed E-state index contributed by atoms with van der Waals surface area (Å²) < 4.78 is 5.21. The molecule has 31 heavy (non-hydrogen) atoms. The highest BCUT2D eigenvalue weighted by atomic mass is 32.1. The molecule has 0 unspecified atom stereocenters. The third kappa shape index (κ3) is 3.09. The molecule has 0 saturated heterocycles. The van der Waals surface area contributed by atoms with Gasteiger partial charge in [0.2, 0.25) is 0 Å². The van der Waals surface area contributed by atoms with Crippen molar-refractivity contribution in [3.8, 4) is 0 Å². The normalized spacial score (nSPS) is 12.4. The van der Waals surface area contributed by atoms with E-state index in [1.54, 1.807) is 0 Å². The maximum Gasteiger partial charge on any atom is 0.0634 e. The van der Waals surface area contributed by atoms with E-state index in [0.29, 0.717) is 0 Å². The Morgan fingerprint density at radius 2 is 1.10 bits per heavy atom. The predicted octanol–water partition coefficient (Wildman–Crippen LogP) is 8.90. The van der Waals surface area contributed by atoms with Gasteiger partial charge in [-0.3, -0.25) is 4.99 Å². The molecule has 0 radical (unpaired) electrons. The van der Waals surface area contributed by atoms with Crippen LogP contribution < -0.4 is 0 Å². The summed E-state index contributed by atoms with van der Waals surface area (Å²) in [5, 5.41) is 5.25. The van der Waals surface area contributed by atoms with Crippen molar-refractivity contribution in [3.63, 3.8) is 0 Å². The van der Waals surface area contributed by atoms with Gasteiger partial charge in [-0.25, -0.2) is 0 Å². The maximum absolute atomic E-state index is 4.87. The summed E-state index contributed by atoms with van der Waals surface area (Å²) in [7, 11) is 0. The van der Waals surface area contributed by atoms with Crippen LogP contribution >= 0.6 is 22.7 Å². The quantitative estimate of drug-likeness (QED) is 0.247. The Kier molecular flexibility index (Phi) is 4.27. The zero-order valence-corrected chi connectivity index (χ0v) is 18.7. The highest BCUT2D eigenvalue weighted by Gasteiger charge is 2.09. The number of hydrogen-bond acceptors (Lipinski definition) is 3.